The maximum absolute atomic E-state index is 12.2. The molecule has 1 atom stereocenters. The highest BCUT2D eigenvalue weighted by atomic mass is 16.5. The maximum Gasteiger partial charge on any atom is 0.246 e. The van der Waals surface area contributed by atoms with E-state index in [1.54, 1.807) is 11.9 Å². The van der Waals surface area contributed by atoms with Crippen LogP contribution in [-0.4, -0.2) is 63.7 Å². The molecular formula is C12H25N3O3. The Morgan fingerprint density at radius 1 is 1.33 bits per heavy atom. The lowest BCUT2D eigenvalue weighted by Gasteiger charge is -2.27. The van der Waals surface area contributed by atoms with Gasteiger partial charge in [0.15, 0.2) is 0 Å². The van der Waals surface area contributed by atoms with E-state index in [2.05, 4.69) is 10.6 Å². The Labute approximate surface area is 109 Å². The average molecular weight is 259 g/mol. The van der Waals surface area contributed by atoms with Crippen molar-refractivity contribution in [2.24, 2.45) is 5.92 Å². The zero-order valence-corrected chi connectivity index (χ0v) is 11.9. The highest BCUT2D eigenvalue weighted by molar-refractivity contribution is 5.88. The minimum absolute atomic E-state index is 0.0310. The largest absolute Gasteiger partial charge is 0.375 e. The molecule has 0 aromatic heterocycles. The quantitative estimate of drug-likeness (QED) is 0.614. The van der Waals surface area contributed by atoms with Crippen LogP contribution in [0.1, 0.15) is 13.8 Å². The first-order valence-corrected chi connectivity index (χ1v) is 6.11. The van der Waals surface area contributed by atoms with Crippen molar-refractivity contribution in [1.82, 2.24) is 15.5 Å². The fourth-order valence-electron chi connectivity index (χ4n) is 1.49. The van der Waals surface area contributed by atoms with Gasteiger partial charge in [-0.15, -0.1) is 0 Å². The molecule has 0 heterocycles. The number of ether oxygens (including phenoxy) is 1. The van der Waals surface area contributed by atoms with Gasteiger partial charge in [0.25, 0.3) is 0 Å². The molecule has 0 radical (unpaired) electrons. The predicted molar refractivity (Wildman–Crippen MR) is 70.2 cm³/mol. The van der Waals surface area contributed by atoms with Crippen molar-refractivity contribution in [3.8, 4) is 0 Å². The summed E-state index contributed by atoms with van der Waals surface area (Å²) < 4.78 is 4.74. The average Bonchev–Trinajstić information content (AvgIpc) is 2.32. The number of hydrogen-bond acceptors (Lipinski definition) is 4. The molecule has 0 rings (SSSR count). The van der Waals surface area contributed by atoms with Crippen molar-refractivity contribution in [3.05, 3.63) is 0 Å². The second kappa shape index (κ2) is 8.88. The van der Waals surface area contributed by atoms with Gasteiger partial charge in [-0.3, -0.25) is 9.59 Å². The van der Waals surface area contributed by atoms with Crippen LogP contribution in [0, 0.1) is 5.92 Å². The molecule has 2 amide bonds. The first-order valence-electron chi connectivity index (χ1n) is 6.11. The van der Waals surface area contributed by atoms with Crippen LogP contribution in [0.2, 0.25) is 0 Å². The van der Waals surface area contributed by atoms with Crippen LogP contribution >= 0.6 is 0 Å². The molecular weight excluding hydrogens is 234 g/mol. The van der Waals surface area contributed by atoms with Crippen LogP contribution in [0.5, 0.6) is 0 Å². The summed E-state index contributed by atoms with van der Waals surface area (Å²) in [6, 6.07) is -0.505. The van der Waals surface area contributed by atoms with Crippen LogP contribution < -0.4 is 10.6 Å². The third-order valence-corrected chi connectivity index (χ3v) is 2.60. The summed E-state index contributed by atoms with van der Waals surface area (Å²) >= 11 is 0. The minimum Gasteiger partial charge on any atom is -0.375 e. The molecule has 0 saturated heterocycles. The molecule has 6 nitrogen and oxygen atoms in total. The third-order valence-electron chi connectivity index (χ3n) is 2.60. The zero-order valence-electron chi connectivity index (χ0n) is 11.9. The van der Waals surface area contributed by atoms with E-state index in [1.807, 2.05) is 20.9 Å². The number of nitrogens with zero attached hydrogens (tertiary/aromatic N) is 1. The van der Waals surface area contributed by atoms with E-state index < -0.39 is 6.04 Å². The van der Waals surface area contributed by atoms with E-state index in [9.17, 15) is 9.59 Å². The predicted octanol–water partition coefficient (Wildman–Crippen LogP) is -0.549. The minimum atomic E-state index is -0.505. The molecule has 106 valence electrons. The highest BCUT2D eigenvalue weighted by Gasteiger charge is 2.26. The van der Waals surface area contributed by atoms with Gasteiger partial charge in [0.1, 0.15) is 12.6 Å². The van der Waals surface area contributed by atoms with Crippen LogP contribution in [0.25, 0.3) is 0 Å². The molecule has 0 aliphatic carbocycles. The molecule has 2 N–H and O–H groups in total. The standard InChI is InChI=1S/C12H25N3O3/c1-9(2)11(14-10(16)8-18-5)12(17)15(4)7-6-13-3/h9,11,13H,6-8H2,1-5H3,(H,14,16)/t11-/m0/s1. The van der Waals surface area contributed by atoms with E-state index in [0.717, 1.165) is 6.54 Å². The zero-order chi connectivity index (χ0) is 14.1. The van der Waals surface area contributed by atoms with Gasteiger partial charge in [-0.1, -0.05) is 13.8 Å². The van der Waals surface area contributed by atoms with Gasteiger partial charge in [-0.2, -0.15) is 0 Å². The Bertz CT molecular complexity index is 269. The van der Waals surface area contributed by atoms with E-state index in [1.165, 1.54) is 7.11 Å². The molecule has 6 heteroatoms. The molecule has 0 aliphatic heterocycles. The smallest absolute Gasteiger partial charge is 0.246 e. The number of carbonyl (C=O) groups excluding carboxylic acids is 2. The lowest BCUT2D eigenvalue weighted by Crippen LogP contribution is -2.51. The van der Waals surface area contributed by atoms with Crippen molar-refractivity contribution < 1.29 is 14.3 Å². The van der Waals surface area contributed by atoms with Gasteiger partial charge in [0.05, 0.1) is 0 Å². The van der Waals surface area contributed by atoms with Crippen molar-refractivity contribution in [2.45, 2.75) is 19.9 Å². The fourth-order valence-corrected chi connectivity index (χ4v) is 1.49. The third kappa shape index (κ3) is 5.97. The highest BCUT2D eigenvalue weighted by Crippen LogP contribution is 2.05. The van der Waals surface area contributed by atoms with Gasteiger partial charge in [0.2, 0.25) is 11.8 Å². The molecule has 0 fully saturated rings. The summed E-state index contributed by atoms with van der Waals surface area (Å²) in [7, 11) is 5.01. The van der Waals surface area contributed by atoms with Gasteiger partial charge >= 0.3 is 0 Å². The first-order chi connectivity index (χ1) is 8.43. The van der Waals surface area contributed by atoms with E-state index in [4.69, 9.17) is 4.74 Å². The lowest BCUT2D eigenvalue weighted by atomic mass is 10.0. The number of rotatable bonds is 8. The van der Waals surface area contributed by atoms with Crippen molar-refractivity contribution in [1.29, 1.82) is 0 Å². The molecule has 0 aliphatic rings. The number of likely N-dealkylation sites (N-methyl/N-ethyl adjacent to an activating group) is 2. The molecule has 0 saturated carbocycles. The van der Waals surface area contributed by atoms with E-state index >= 15 is 0 Å². The topological polar surface area (TPSA) is 70.7 Å². The maximum atomic E-state index is 12.2. The second-order valence-electron chi connectivity index (χ2n) is 4.59. The molecule has 0 spiro atoms. The SMILES string of the molecule is CNCCN(C)C(=O)[C@@H](NC(=O)COC)C(C)C. The monoisotopic (exact) mass is 259 g/mol. The Hall–Kier alpha value is -1.14. The van der Waals surface area contributed by atoms with Crippen molar-refractivity contribution in [2.75, 3.05) is 40.9 Å². The Balaban J connectivity index is 4.48. The molecule has 0 bridgehead atoms. The van der Waals surface area contributed by atoms with Gasteiger partial charge in [-0.05, 0) is 13.0 Å². The van der Waals surface area contributed by atoms with Gasteiger partial charge in [-0.25, -0.2) is 0 Å². The number of hydrogen-bond donors (Lipinski definition) is 2. The van der Waals surface area contributed by atoms with Crippen LogP contribution in [0.15, 0.2) is 0 Å². The molecule has 18 heavy (non-hydrogen) atoms. The number of carbonyl (C=O) groups is 2. The Morgan fingerprint density at radius 2 is 1.94 bits per heavy atom. The number of amides is 2. The van der Waals surface area contributed by atoms with Crippen molar-refractivity contribution >= 4 is 11.8 Å². The Morgan fingerprint density at radius 3 is 2.39 bits per heavy atom. The second-order valence-corrected chi connectivity index (χ2v) is 4.59. The number of methoxy groups -OCH3 is 1. The van der Waals surface area contributed by atoms with Crippen LogP contribution in [0.4, 0.5) is 0 Å². The van der Waals surface area contributed by atoms with Gasteiger partial charge in [0, 0.05) is 27.2 Å². The summed E-state index contributed by atoms with van der Waals surface area (Å²) in [5, 5.41) is 5.68. The summed E-state index contributed by atoms with van der Waals surface area (Å²) in [4.78, 5) is 25.3. The van der Waals surface area contributed by atoms with E-state index in [0.29, 0.717) is 6.54 Å². The summed E-state index contributed by atoms with van der Waals surface area (Å²) in [5.41, 5.74) is 0. The molecule has 0 aromatic rings. The fraction of sp³-hybridized carbons (Fsp3) is 0.833. The Kier molecular flexibility index (Phi) is 8.32. The molecule has 0 unspecified atom stereocenters. The van der Waals surface area contributed by atoms with Crippen LogP contribution in [0.3, 0.4) is 0 Å². The normalized spacial score (nSPS) is 12.3. The number of nitrogens with one attached hydrogen (secondary N) is 2. The molecule has 0 aromatic carbocycles. The summed E-state index contributed by atoms with van der Waals surface area (Å²) in [6.45, 7) is 5.11. The van der Waals surface area contributed by atoms with Crippen molar-refractivity contribution in [3.63, 3.8) is 0 Å². The lowest BCUT2D eigenvalue weighted by molar-refractivity contribution is -0.137. The van der Waals surface area contributed by atoms with Crippen LogP contribution in [-0.2, 0) is 14.3 Å². The summed E-state index contributed by atoms with van der Waals surface area (Å²) in [5.74, 6) is -0.313. The summed E-state index contributed by atoms with van der Waals surface area (Å²) in [6.07, 6.45) is 0. The van der Waals surface area contributed by atoms with E-state index in [-0.39, 0.29) is 24.3 Å². The van der Waals surface area contributed by atoms with Gasteiger partial charge < -0.3 is 20.3 Å². The first kappa shape index (κ1) is 16.9.